The number of nitrogens with one attached hydrogen (secondary N) is 2. The number of hydrogen-bond acceptors (Lipinski definition) is 6. The second kappa shape index (κ2) is 8.27. The number of anilines is 2. The van der Waals surface area contributed by atoms with Gasteiger partial charge in [0.15, 0.2) is 0 Å². The maximum Gasteiger partial charge on any atom is 0.267 e. The van der Waals surface area contributed by atoms with Gasteiger partial charge >= 0.3 is 0 Å². The van der Waals surface area contributed by atoms with Gasteiger partial charge in [0.1, 0.15) is 5.82 Å². The van der Waals surface area contributed by atoms with Crippen LogP contribution in [0.1, 0.15) is 32.1 Å². The minimum absolute atomic E-state index is 0.0647. The molecule has 1 aliphatic carbocycles. The van der Waals surface area contributed by atoms with Crippen molar-refractivity contribution in [3.8, 4) is 0 Å². The predicted molar refractivity (Wildman–Crippen MR) is 117 cm³/mol. The Labute approximate surface area is 172 Å². The number of carbonyl (C=O) groups excluding carboxylic acids is 1. The van der Waals surface area contributed by atoms with E-state index in [1.807, 2.05) is 55.2 Å². The summed E-state index contributed by atoms with van der Waals surface area (Å²) in [5.41, 5.74) is 1.76. The molecule has 1 aromatic heterocycles. The van der Waals surface area contributed by atoms with E-state index in [0.29, 0.717) is 12.0 Å². The van der Waals surface area contributed by atoms with Crippen molar-refractivity contribution in [2.45, 2.75) is 44.2 Å². The summed E-state index contributed by atoms with van der Waals surface area (Å²) in [5.74, 6) is 1.67. The standard InChI is InChI=1S/C22H30N6O/c1-27(2)20-17-7-4-5-8-18(17)25-22(26-20)24-16-12-10-15(11-13-16)23-21(29)19-9-6-14-28(19)3/h4-5,7-9,15-16H,6,10-14H2,1-3H3,(H,23,29)(H,24,25,26)/t15-,16+. The lowest BCUT2D eigenvalue weighted by molar-refractivity contribution is -0.119. The Kier molecular flexibility index (Phi) is 5.56. The van der Waals surface area contributed by atoms with Crippen LogP contribution in [0.2, 0.25) is 0 Å². The van der Waals surface area contributed by atoms with Crippen molar-refractivity contribution in [3.05, 3.63) is 36.0 Å². The van der Waals surface area contributed by atoms with Crippen molar-refractivity contribution in [3.63, 3.8) is 0 Å². The second-order valence-electron chi connectivity index (χ2n) is 8.25. The predicted octanol–water partition coefficient (Wildman–Crippen LogP) is 2.75. The molecule has 154 valence electrons. The van der Waals surface area contributed by atoms with Gasteiger partial charge in [-0.05, 0) is 44.2 Å². The molecule has 0 atom stereocenters. The lowest BCUT2D eigenvalue weighted by atomic mass is 9.91. The molecule has 2 aliphatic rings. The molecule has 29 heavy (non-hydrogen) atoms. The summed E-state index contributed by atoms with van der Waals surface area (Å²) in [5, 5.41) is 7.79. The summed E-state index contributed by atoms with van der Waals surface area (Å²) < 4.78 is 0. The molecule has 1 aliphatic heterocycles. The van der Waals surface area contributed by atoms with Crippen molar-refractivity contribution in [2.75, 3.05) is 37.9 Å². The van der Waals surface area contributed by atoms with Crippen LogP contribution < -0.4 is 15.5 Å². The molecule has 2 heterocycles. The fraction of sp³-hybridized carbons (Fsp3) is 0.500. The monoisotopic (exact) mass is 394 g/mol. The average Bonchev–Trinajstić information content (AvgIpc) is 3.15. The quantitative estimate of drug-likeness (QED) is 0.812. The van der Waals surface area contributed by atoms with Crippen LogP contribution in [0.25, 0.3) is 10.9 Å². The molecule has 0 radical (unpaired) electrons. The van der Waals surface area contributed by atoms with E-state index in [1.54, 1.807) is 0 Å². The normalized spacial score (nSPS) is 21.8. The van der Waals surface area contributed by atoms with Crippen LogP contribution in [0.3, 0.4) is 0 Å². The van der Waals surface area contributed by atoms with Gasteiger partial charge in [-0.2, -0.15) is 4.98 Å². The minimum Gasteiger partial charge on any atom is -0.370 e. The van der Waals surface area contributed by atoms with Crippen LogP contribution in [0.4, 0.5) is 11.8 Å². The lowest BCUT2D eigenvalue weighted by Gasteiger charge is -2.30. The number of carbonyl (C=O) groups is 1. The molecule has 4 rings (SSSR count). The van der Waals surface area contributed by atoms with E-state index in [4.69, 9.17) is 9.97 Å². The Bertz CT molecular complexity index is 917. The van der Waals surface area contributed by atoms with E-state index in [9.17, 15) is 4.79 Å². The molecule has 0 bridgehead atoms. The zero-order chi connectivity index (χ0) is 20.4. The van der Waals surface area contributed by atoms with E-state index < -0.39 is 0 Å². The molecular weight excluding hydrogens is 364 g/mol. The molecule has 7 nitrogen and oxygen atoms in total. The largest absolute Gasteiger partial charge is 0.370 e. The molecule has 0 saturated heterocycles. The minimum atomic E-state index is 0.0647. The highest BCUT2D eigenvalue weighted by Gasteiger charge is 2.26. The molecular formula is C22H30N6O. The topological polar surface area (TPSA) is 73.4 Å². The van der Waals surface area contributed by atoms with Gasteiger partial charge in [-0.15, -0.1) is 0 Å². The SMILES string of the molecule is CN1CCC=C1C(=O)N[C@H]1CC[C@@H](Nc2nc(N(C)C)c3ccccc3n2)CC1. The van der Waals surface area contributed by atoms with Gasteiger partial charge in [0.2, 0.25) is 5.95 Å². The van der Waals surface area contributed by atoms with E-state index in [0.717, 1.165) is 61.1 Å². The summed E-state index contributed by atoms with van der Waals surface area (Å²) in [7, 11) is 5.98. The Morgan fingerprint density at radius 3 is 2.52 bits per heavy atom. The summed E-state index contributed by atoms with van der Waals surface area (Å²) in [6, 6.07) is 8.67. The van der Waals surface area contributed by atoms with Crippen molar-refractivity contribution < 1.29 is 4.79 Å². The van der Waals surface area contributed by atoms with Gasteiger partial charge in [-0.1, -0.05) is 18.2 Å². The first kappa shape index (κ1) is 19.5. The van der Waals surface area contributed by atoms with Gasteiger partial charge in [0.25, 0.3) is 5.91 Å². The van der Waals surface area contributed by atoms with Crippen LogP contribution in [0, 0.1) is 0 Å². The molecule has 7 heteroatoms. The molecule has 1 fully saturated rings. The van der Waals surface area contributed by atoms with Gasteiger partial charge in [0.05, 0.1) is 11.2 Å². The highest BCUT2D eigenvalue weighted by molar-refractivity contribution is 5.93. The molecule has 1 saturated carbocycles. The smallest absolute Gasteiger partial charge is 0.267 e. The zero-order valence-electron chi connectivity index (χ0n) is 17.5. The van der Waals surface area contributed by atoms with Crippen LogP contribution in [-0.4, -0.2) is 60.5 Å². The third kappa shape index (κ3) is 4.28. The Balaban J connectivity index is 1.37. The number of aromatic nitrogens is 2. The summed E-state index contributed by atoms with van der Waals surface area (Å²) >= 11 is 0. The van der Waals surface area contributed by atoms with Gasteiger partial charge < -0.3 is 20.4 Å². The summed E-state index contributed by atoms with van der Waals surface area (Å²) in [4.78, 5) is 26.0. The zero-order valence-corrected chi connectivity index (χ0v) is 17.5. The highest BCUT2D eigenvalue weighted by Crippen LogP contribution is 2.26. The third-order valence-electron chi connectivity index (χ3n) is 5.85. The highest BCUT2D eigenvalue weighted by atomic mass is 16.2. The van der Waals surface area contributed by atoms with Gasteiger partial charge in [0, 0.05) is 45.2 Å². The van der Waals surface area contributed by atoms with Crippen LogP contribution in [0.5, 0.6) is 0 Å². The summed E-state index contributed by atoms with van der Waals surface area (Å²) in [6.07, 6.45) is 6.90. The van der Waals surface area contributed by atoms with E-state index >= 15 is 0 Å². The first-order valence-electron chi connectivity index (χ1n) is 10.4. The van der Waals surface area contributed by atoms with Crippen molar-refractivity contribution >= 4 is 28.6 Å². The van der Waals surface area contributed by atoms with E-state index in [1.165, 1.54) is 0 Å². The number of rotatable bonds is 5. The molecule has 2 aromatic rings. The van der Waals surface area contributed by atoms with Crippen molar-refractivity contribution in [1.29, 1.82) is 0 Å². The molecule has 2 N–H and O–H groups in total. The molecule has 0 spiro atoms. The Morgan fingerprint density at radius 2 is 1.83 bits per heavy atom. The Hall–Kier alpha value is -2.83. The van der Waals surface area contributed by atoms with Crippen molar-refractivity contribution in [2.24, 2.45) is 0 Å². The van der Waals surface area contributed by atoms with Gasteiger partial charge in [-0.3, -0.25) is 4.79 Å². The fourth-order valence-corrected chi connectivity index (χ4v) is 4.23. The number of amides is 1. The van der Waals surface area contributed by atoms with Gasteiger partial charge in [-0.25, -0.2) is 4.98 Å². The third-order valence-corrected chi connectivity index (χ3v) is 5.85. The molecule has 1 amide bonds. The lowest BCUT2D eigenvalue weighted by Crippen LogP contribution is -2.42. The van der Waals surface area contributed by atoms with Crippen LogP contribution in [0.15, 0.2) is 36.0 Å². The average molecular weight is 395 g/mol. The first-order valence-corrected chi connectivity index (χ1v) is 10.4. The Morgan fingerprint density at radius 1 is 1.10 bits per heavy atom. The van der Waals surface area contributed by atoms with E-state index in [2.05, 4.69) is 16.7 Å². The number of likely N-dealkylation sites (N-methyl/N-ethyl adjacent to an activating group) is 1. The van der Waals surface area contributed by atoms with Crippen molar-refractivity contribution in [1.82, 2.24) is 20.2 Å². The number of para-hydroxylation sites is 1. The molecule has 0 unspecified atom stereocenters. The molecule has 1 aromatic carbocycles. The second-order valence-corrected chi connectivity index (χ2v) is 8.25. The maximum absolute atomic E-state index is 12.5. The van der Waals surface area contributed by atoms with E-state index in [-0.39, 0.29) is 11.9 Å². The number of benzene rings is 1. The number of fused-ring (bicyclic) bond motifs is 1. The summed E-state index contributed by atoms with van der Waals surface area (Å²) in [6.45, 7) is 0.931. The fourth-order valence-electron chi connectivity index (χ4n) is 4.23. The van der Waals surface area contributed by atoms with Crippen LogP contribution >= 0.6 is 0 Å². The first-order chi connectivity index (χ1) is 14.0. The maximum atomic E-state index is 12.5. The number of nitrogens with zero attached hydrogens (tertiary/aromatic N) is 4. The van der Waals surface area contributed by atoms with Crippen LogP contribution in [-0.2, 0) is 4.79 Å². The number of hydrogen-bond donors (Lipinski definition) is 2.